The van der Waals surface area contributed by atoms with E-state index in [0.717, 1.165) is 36.8 Å². The molecule has 3 aromatic rings. The zero-order valence-electron chi connectivity index (χ0n) is 15.0. The van der Waals surface area contributed by atoms with Crippen molar-refractivity contribution in [1.82, 2.24) is 25.3 Å². The molecule has 1 fully saturated rings. The summed E-state index contributed by atoms with van der Waals surface area (Å²) in [7, 11) is 0. The van der Waals surface area contributed by atoms with E-state index in [0.29, 0.717) is 6.04 Å². The van der Waals surface area contributed by atoms with Crippen LogP contribution >= 0.6 is 0 Å². The number of hydrogen-bond acceptors (Lipinski definition) is 5. The third kappa shape index (κ3) is 3.91. The van der Waals surface area contributed by atoms with Crippen molar-refractivity contribution in [2.75, 3.05) is 18.0 Å². The zero-order chi connectivity index (χ0) is 17.8. The van der Waals surface area contributed by atoms with Gasteiger partial charge in [0.25, 0.3) is 0 Å². The van der Waals surface area contributed by atoms with Crippen LogP contribution in [0.15, 0.2) is 54.9 Å². The number of piperidine rings is 1. The summed E-state index contributed by atoms with van der Waals surface area (Å²) in [6.45, 7) is 4.87. The molecule has 0 spiro atoms. The third-order valence-corrected chi connectivity index (χ3v) is 4.83. The fraction of sp³-hybridized carbons (Fsp3) is 0.350. The highest BCUT2D eigenvalue weighted by atomic mass is 15.3. The van der Waals surface area contributed by atoms with Crippen LogP contribution in [0, 0.1) is 6.92 Å². The average Bonchev–Trinajstić information content (AvgIpc) is 3.22. The molecule has 0 radical (unpaired) electrons. The Kier molecular flexibility index (Phi) is 4.93. The topological polar surface area (TPSA) is 58.9 Å². The van der Waals surface area contributed by atoms with Crippen molar-refractivity contribution in [2.45, 2.75) is 32.4 Å². The quantitative estimate of drug-likeness (QED) is 0.768. The first kappa shape index (κ1) is 16.7. The maximum atomic E-state index is 4.33. The second-order valence-corrected chi connectivity index (χ2v) is 6.82. The minimum Gasteiger partial charge on any atom is -0.354 e. The molecule has 0 bridgehead atoms. The fourth-order valence-electron chi connectivity index (χ4n) is 3.36. The van der Waals surface area contributed by atoms with Gasteiger partial charge in [0.1, 0.15) is 0 Å². The molecule has 1 atom stereocenters. The number of aromatic nitrogens is 4. The molecule has 1 aliphatic rings. The van der Waals surface area contributed by atoms with Gasteiger partial charge < -0.3 is 10.2 Å². The highest BCUT2D eigenvalue weighted by molar-refractivity contribution is 5.38. The van der Waals surface area contributed by atoms with Gasteiger partial charge in [-0.15, -0.1) is 5.10 Å². The summed E-state index contributed by atoms with van der Waals surface area (Å²) in [5.74, 6) is 0.977. The smallest absolute Gasteiger partial charge is 0.151 e. The number of benzene rings is 1. The Hall–Kier alpha value is -2.73. The minimum absolute atomic E-state index is 0.470. The van der Waals surface area contributed by atoms with Crippen molar-refractivity contribution in [1.29, 1.82) is 0 Å². The monoisotopic (exact) mass is 348 g/mol. The van der Waals surface area contributed by atoms with Crippen molar-refractivity contribution in [3.63, 3.8) is 0 Å². The van der Waals surface area contributed by atoms with E-state index in [9.17, 15) is 0 Å². The van der Waals surface area contributed by atoms with Crippen molar-refractivity contribution in [2.24, 2.45) is 0 Å². The molecule has 6 heteroatoms. The Labute approximate surface area is 153 Å². The predicted octanol–water partition coefficient (Wildman–Crippen LogP) is 2.73. The van der Waals surface area contributed by atoms with Gasteiger partial charge >= 0.3 is 0 Å². The number of hydrogen-bond donors (Lipinski definition) is 1. The van der Waals surface area contributed by atoms with Gasteiger partial charge in [-0.3, -0.25) is 0 Å². The lowest BCUT2D eigenvalue weighted by Crippen LogP contribution is -2.45. The maximum absolute atomic E-state index is 4.33. The molecule has 1 saturated heterocycles. The predicted molar refractivity (Wildman–Crippen MR) is 102 cm³/mol. The minimum atomic E-state index is 0.470. The molecular weight excluding hydrogens is 324 g/mol. The van der Waals surface area contributed by atoms with E-state index in [1.807, 2.05) is 29.9 Å². The Bertz CT molecular complexity index is 811. The van der Waals surface area contributed by atoms with Gasteiger partial charge in [-0.2, -0.15) is 10.2 Å². The summed E-state index contributed by atoms with van der Waals surface area (Å²) in [6, 6.07) is 15.0. The number of anilines is 1. The number of nitrogens with one attached hydrogen (secondary N) is 1. The van der Waals surface area contributed by atoms with Crippen molar-refractivity contribution < 1.29 is 0 Å². The first-order valence-corrected chi connectivity index (χ1v) is 9.15. The van der Waals surface area contributed by atoms with Crippen LogP contribution in [0.25, 0.3) is 5.69 Å². The molecule has 0 amide bonds. The van der Waals surface area contributed by atoms with Gasteiger partial charge in [-0.05, 0) is 55.7 Å². The van der Waals surface area contributed by atoms with Crippen LogP contribution in [0.2, 0.25) is 0 Å². The fourth-order valence-corrected chi connectivity index (χ4v) is 3.36. The Morgan fingerprint density at radius 3 is 2.73 bits per heavy atom. The first-order valence-electron chi connectivity index (χ1n) is 9.15. The average molecular weight is 348 g/mol. The molecular formula is C20H24N6. The lowest BCUT2D eigenvalue weighted by atomic mass is 10.1. The van der Waals surface area contributed by atoms with E-state index in [4.69, 9.17) is 0 Å². The van der Waals surface area contributed by atoms with Gasteiger partial charge in [0, 0.05) is 38.1 Å². The molecule has 0 unspecified atom stereocenters. The van der Waals surface area contributed by atoms with Crippen molar-refractivity contribution in [3.8, 4) is 5.69 Å². The van der Waals surface area contributed by atoms with Crippen LogP contribution in [-0.4, -0.2) is 39.1 Å². The molecule has 0 saturated carbocycles. The molecule has 3 heterocycles. The summed E-state index contributed by atoms with van der Waals surface area (Å²) in [4.78, 5) is 2.33. The second-order valence-electron chi connectivity index (χ2n) is 6.82. The number of rotatable bonds is 5. The van der Waals surface area contributed by atoms with E-state index < -0.39 is 0 Å². The van der Waals surface area contributed by atoms with Crippen molar-refractivity contribution in [3.05, 3.63) is 66.1 Å². The van der Waals surface area contributed by atoms with Gasteiger partial charge in [-0.25, -0.2) is 4.68 Å². The molecule has 26 heavy (non-hydrogen) atoms. The van der Waals surface area contributed by atoms with Gasteiger partial charge in [0.2, 0.25) is 0 Å². The molecule has 6 nitrogen and oxygen atoms in total. The Morgan fingerprint density at radius 1 is 1.12 bits per heavy atom. The van der Waals surface area contributed by atoms with Crippen LogP contribution in [0.3, 0.4) is 0 Å². The van der Waals surface area contributed by atoms with Crippen LogP contribution in [0.4, 0.5) is 5.82 Å². The van der Waals surface area contributed by atoms with Crippen molar-refractivity contribution >= 4 is 5.82 Å². The molecule has 2 aromatic heterocycles. The molecule has 134 valence electrons. The van der Waals surface area contributed by atoms with Crippen LogP contribution < -0.4 is 10.2 Å². The van der Waals surface area contributed by atoms with Gasteiger partial charge in [-0.1, -0.05) is 12.1 Å². The SMILES string of the molecule is Cc1ccc(N2CCC[C@@H](NCc3ccc(-n4cccn4)cc3)C2)nn1. The summed E-state index contributed by atoms with van der Waals surface area (Å²) in [5.41, 5.74) is 3.33. The van der Waals surface area contributed by atoms with Crippen LogP contribution in [-0.2, 0) is 6.54 Å². The van der Waals surface area contributed by atoms with E-state index >= 15 is 0 Å². The van der Waals surface area contributed by atoms with E-state index in [1.54, 1.807) is 6.20 Å². The maximum Gasteiger partial charge on any atom is 0.151 e. The number of nitrogens with zero attached hydrogens (tertiary/aromatic N) is 5. The summed E-state index contributed by atoms with van der Waals surface area (Å²) >= 11 is 0. The Balaban J connectivity index is 1.33. The summed E-state index contributed by atoms with van der Waals surface area (Å²) in [6.07, 6.45) is 6.12. The second kappa shape index (κ2) is 7.66. The number of aryl methyl sites for hydroxylation is 1. The molecule has 1 aliphatic heterocycles. The summed E-state index contributed by atoms with van der Waals surface area (Å²) < 4.78 is 1.87. The lowest BCUT2D eigenvalue weighted by molar-refractivity contribution is 0.419. The molecule has 1 N–H and O–H groups in total. The van der Waals surface area contributed by atoms with Gasteiger partial charge in [0.05, 0.1) is 11.4 Å². The summed E-state index contributed by atoms with van der Waals surface area (Å²) in [5, 5.41) is 16.5. The highest BCUT2D eigenvalue weighted by Gasteiger charge is 2.20. The third-order valence-electron chi connectivity index (χ3n) is 4.83. The van der Waals surface area contributed by atoms with Gasteiger partial charge in [0.15, 0.2) is 5.82 Å². The highest BCUT2D eigenvalue weighted by Crippen LogP contribution is 2.18. The molecule has 4 rings (SSSR count). The molecule has 0 aliphatic carbocycles. The van der Waals surface area contributed by atoms with Crippen LogP contribution in [0.5, 0.6) is 0 Å². The zero-order valence-corrected chi connectivity index (χ0v) is 15.0. The van der Waals surface area contributed by atoms with E-state index in [1.165, 1.54) is 18.4 Å². The van der Waals surface area contributed by atoms with E-state index in [2.05, 4.69) is 55.8 Å². The van der Waals surface area contributed by atoms with E-state index in [-0.39, 0.29) is 0 Å². The normalized spacial score (nSPS) is 17.4. The Morgan fingerprint density at radius 2 is 2.00 bits per heavy atom. The lowest BCUT2D eigenvalue weighted by Gasteiger charge is -2.33. The molecule has 1 aromatic carbocycles. The largest absolute Gasteiger partial charge is 0.354 e. The standard InChI is InChI=1S/C20H24N6/c1-16-5-10-20(24-23-16)25-12-2-4-18(15-25)21-14-17-6-8-19(9-7-17)26-13-3-11-22-26/h3,5-11,13,18,21H,2,4,12,14-15H2,1H3/t18-/m1/s1. The van der Waals surface area contributed by atoms with Crippen LogP contribution in [0.1, 0.15) is 24.1 Å². The first-order chi connectivity index (χ1) is 12.8.